The van der Waals surface area contributed by atoms with Gasteiger partial charge in [-0.15, -0.1) is 0 Å². The maximum atomic E-state index is 5.92. The molecule has 1 N–H and O–H groups in total. The molecule has 1 heterocycles. The van der Waals surface area contributed by atoms with Crippen molar-refractivity contribution in [1.82, 2.24) is 10.2 Å². The van der Waals surface area contributed by atoms with E-state index in [0.717, 1.165) is 24.7 Å². The van der Waals surface area contributed by atoms with Crippen LogP contribution in [0.15, 0.2) is 24.3 Å². The van der Waals surface area contributed by atoms with Crippen molar-refractivity contribution in [2.45, 2.75) is 12.1 Å². The van der Waals surface area contributed by atoms with E-state index in [-0.39, 0.29) is 12.1 Å². The lowest BCUT2D eigenvalue weighted by atomic mass is 9.99. The van der Waals surface area contributed by atoms with Gasteiger partial charge >= 0.3 is 0 Å². The summed E-state index contributed by atoms with van der Waals surface area (Å²) >= 11 is 5.92. The molecule has 4 heteroatoms. The summed E-state index contributed by atoms with van der Waals surface area (Å²) in [7, 11) is 4.16. The van der Waals surface area contributed by atoms with Gasteiger partial charge in [0, 0.05) is 18.1 Å². The molecule has 0 spiro atoms. The van der Waals surface area contributed by atoms with Gasteiger partial charge in [-0.3, -0.25) is 0 Å². The fourth-order valence-electron chi connectivity index (χ4n) is 2.29. The van der Waals surface area contributed by atoms with Crippen molar-refractivity contribution in [3.63, 3.8) is 0 Å². The lowest BCUT2D eigenvalue weighted by molar-refractivity contribution is -0.0211. The minimum Gasteiger partial charge on any atom is -0.374 e. The number of likely N-dealkylation sites (N-methyl/N-ethyl adjacent to an activating group) is 1. The Kier molecular flexibility index (Phi) is 4.40. The highest BCUT2D eigenvalue weighted by Crippen LogP contribution is 2.26. The van der Waals surface area contributed by atoms with E-state index in [1.54, 1.807) is 0 Å². The summed E-state index contributed by atoms with van der Waals surface area (Å²) in [6.07, 6.45) is 0.194. The van der Waals surface area contributed by atoms with E-state index in [0.29, 0.717) is 0 Å². The van der Waals surface area contributed by atoms with Crippen LogP contribution in [0.3, 0.4) is 0 Å². The lowest BCUT2D eigenvalue weighted by Gasteiger charge is -2.35. The molecule has 1 fully saturated rings. The first-order valence-corrected chi connectivity index (χ1v) is 6.30. The maximum absolute atomic E-state index is 5.92. The first-order chi connectivity index (χ1) is 8.18. The molecule has 1 aromatic carbocycles. The van der Waals surface area contributed by atoms with Crippen LogP contribution in [0.1, 0.15) is 11.6 Å². The van der Waals surface area contributed by atoms with Gasteiger partial charge in [-0.25, -0.2) is 0 Å². The summed E-state index contributed by atoms with van der Waals surface area (Å²) < 4.78 is 5.85. The number of nitrogens with zero attached hydrogens (tertiary/aromatic N) is 1. The number of rotatable bonds is 3. The van der Waals surface area contributed by atoms with Crippen LogP contribution in [0.5, 0.6) is 0 Å². The molecule has 2 rings (SSSR count). The first-order valence-electron chi connectivity index (χ1n) is 5.92. The quantitative estimate of drug-likeness (QED) is 0.892. The van der Waals surface area contributed by atoms with Crippen molar-refractivity contribution >= 4 is 11.6 Å². The highest BCUT2D eigenvalue weighted by Gasteiger charge is 2.27. The maximum Gasteiger partial charge on any atom is 0.0896 e. The predicted octanol–water partition coefficient (Wildman–Crippen LogP) is 1.93. The zero-order chi connectivity index (χ0) is 12.3. The Labute approximate surface area is 108 Å². The fourth-order valence-corrected chi connectivity index (χ4v) is 2.42. The minimum absolute atomic E-state index is 0.194. The summed E-state index contributed by atoms with van der Waals surface area (Å²) in [5.74, 6) is 0. The normalized spacial score (nSPS) is 22.7. The number of halogens is 1. The van der Waals surface area contributed by atoms with Gasteiger partial charge in [-0.1, -0.05) is 23.7 Å². The van der Waals surface area contributed by atoms with Gasteiger partial charge in [0.15, 0.2) is 0 Å². The molecule has 1 aliphatic heterocycles. The SMILES string of the molecule is CN(C)C(c1ccc(Cl)cc1)C1CNCCO1. The Hall–Kier alpha value is -0.610. The van der Waals surface area contributed by atoms with Gasteiger partial charge in [0.05, 0.1) is 18.8 Å². The molecule has 0 saturated carbocycles. The second-order valence-corrected chi connectivity index (χ2v) is 5.01. The third-order valence-electron chi connectivity index (χ3n) is 3.08. The summed E-state index contributed by atoms with van der Waals surface area (Å²) in [6, 6.07) is 8.28. The van der Waals surface area contributed by atoms with E-state index in [4.69, 9.17) is 16.3 Å². The van der Waals surface area contributed by atoms with Crippen molar-refractivity contribution < 1.29 is 4.74 Å². The topological polar surface area (TPSA) is 24.5 Å². The number of hydrogen-bond donors (Lipinski definition) is 1. The van der Waals surface area contributed by atoms with Crippen LogP contribution in [0.2, 0.25) is 5.02 Å². The highest BCUT2D eigenvalue weighted by atomic mass is 35.5. The third kappa shape index (κ3) is 3.19. The Bertz CT molecular complexity index is 347. The van der Waals surface area contributed by atoms with Crippen LogP contribution in [-0.2, 0) is 4.74 Å². The molecular weight excluding hydrogens is 236 g/mol. The second kappa shape index (κ2) is 5.83. The molecule has 1 aromatic rings. The summed E-state index contributed by atoms with van der Waals surface area (Å²) in [5.41, 5.74) is 1.24. The van der Waals surface area contributed by atoms with E-state index in [2.05, 4.69) is 36.4 Å². The number of nitrogens with one attached hydrogen (secondary N) is 1. The van der Waals surface area contributed by atoms with Crippen LogP contribution >= 0.6 is 11.6 Å². The highest BCUT2D eigenvalue weighted by molar-refractivity contribution is 6.30. The molecule has 2 unspecified atom stereocenters. The first kappa shape index (κ1) is 12.8. The average Bonchev–Trinajstić information content (AvgIpc) is 2.33. The minimum atomic E-state index is 0.194. The molecule has 1 aliphatic rings. The number of hydrogen-bond acceptors (Lipinski definition) is 3. The Morgan fingerprint density at radius 3 is 2.59 bits per heavy atom. The Balaban J connectivity index is 2.18. The molecule has 0 radical (unpaired) electrons. The van der Waals surface area contributed by atoms with Crippen LogP contribution in [-0.4, -0.2) is 44.8 Å². The zero-order valence-corrected chi connectivity index (χ0v) is 11.1. The molecule has 0 bridgehead atoms. The number of benzene rings is 1. The number of morpholine rings is 1. The lowest BCUT2D eigenvalue weighted by Crippen LogP contribution is -2.45. The van der Waals surface area contributed by atoms with Gasteiger partial charge < -0.3 is 15.0 Å². The fraction of sp³-hybridized carbons (Fsp3) is 0.538. The molecular formula is C13H19ClN2O. The van der Waals surface area contributed by atoms with Crippen molar-refractivity contribution in [1.29, 1.82) is 0 Å². The van der Waals surface area contributed by atoms with E-state index in [1.165, 1.54) is 5.56 Å². The van der Waals surface area contributed by atoms with Crippen molar-refractivity contribution in [3.8, 4) is 0 Å². The largest absolute Gasteiger partial charge is 0.374 e. The summed E-state index contributed by atoms with van der Waals surface area (Å²) in [4.78, 5) is 2.20. The average molecular weight is 255 g/mol. The monoisotopic (exact) mass is 254 g/mol. The zero-order valence-electron chi connectivity index (χ0n) is 10.3. The molecule has 3 nitrogen and oxygen atoms in total. The van der Waals surface area contributed by atoms with Crippen LogP contribution < -0.4 is 5.32 Å². The van der Waals surface area contributed by atoms with Gasteiger partial charge in [0.2, 0.25) is 0 Å². The van der Waals surface area contributed by atoms with E-state index < -0.39 is 0 Å². The van der Waals surface area contributed by atoms with Crippen molar-refractivity contribution in [2.75, 3.05) is 33.8 Å². The molecule has 1 saturated heterocycles. The Morgan fingerprint density at radius 2 is 2.06 bits per heavy atom. The van der Waals surface area contributed by atoms with E-state index in [9.17, 15) is 0 Å². The van der Waals surface area contributed by atoms with Gasteiger partial charge in [0.1, 0.15) is 0 Å². The van der Waals surface area contributed by atoms with Gasteiger partial charge in [0.25, 0.3) is 0 Å². The number of ether oxygens (including phenoxy) is 1. The molecule has 17 heavy (non-hydrogen) atoms. The molecule has 0 aromatic heterocycles. The van der Waals surface area contributed by atoms with Crippen LogP contribution in [0, 0.1) is 0 Å². The Morgan fingerprint density at radius 1 is 1.35 bits per heavy atom. The van der Waals surface area contributed by atoms with E-state index >= 15 is 0 Å². The second-order valence-electron chi connectivity index (χ2n) is 4.57. The molecule has 94 valence electrons. The third-order valence-corrected chi connectivity index (χ3v) is 3.33. The molecule has 0 amide bonds. The van der Waals surface area contributed by atoms with Gasteiger partial charge in [-0.2, -0.15) is 0 Å². The predicted molar refractivity (Wildman–Crippen MR) is 70.5 cm³/mol. The van der Waals surface area contributed by atoms with Crippen LogP contribution in [0.25, 0.3) is 0 Å². The summed E-state index contributed by atoms with van der Waals surface area (Å²) in [6.45, 7) is 2.62. The standard InChI is InChI=1S/C13H19ClN2O/c1-16(2)13(12-9-15-7-8-17-12)10-3-5-11(14)6-4-10/h3-6,12-13,15H,7-9H2,1-2H3. The molecule has 0 aliphatic carbocycles. The van der Waals surface area contributed by atoms with Gasteiger partial charge in [-0.05, 0) is 31.8 Å². The summed E-state index contributed by atoms with van der Waals surface area (Å²) in [5, 5.41) is 4.15. The van der Waals surface area contributed by atoms with E-state index in [1.807, 2.05) is 12.1 Å². The van der Waals surface area contributed by atoms with Crippen molar-refractivity contribution in [2.24, 2.45) is 0 Å². The molecule has 2 atom stereocenters. The van der Waals surface area contributed by atoms with Crippen molar-refractivity contribution in [3.05, 3.63) is 34.9 Å². The van der Waals surface area contributed by atoms with Crippen LogP contribution in [0.4, 0.5) is 0 Å². The smallest absolute Gasteiger partial charge is 0.0896 e.